The molecule has 0 spiro atoms. The van der Waals surface area contributed by atoms with Crippen LogP contribution >= 0.6 is 0 Å². The quantitative estimate of drug-likeness (QED) is 0.230. The van der Waals surface area contributed by atoms with Crippen molar-refractivity contribution in [1.82, 2.24) is 4.90 Å². The fourth-order valence-corrected chi connectivity index (χ4v) is 3.52. The van der Waals surface area contributed by atoms with E-state index in [1.165, 1.54) is 18.2 Å². The van der Waals surface area contributed by atoms with Crippen LogP contribution in [0.2, 0.25) is 0 Å². The molecule has 7 nitrogen and oxygen atoms in total. The highest BCUT2D eigenvalue weighted by molar-refractivity contribution is 6.22. The summed E-state index contributed by atoms with van der Waals surface area (Å²) in [6.45, 7) is 2.40. The minimum absolute atomic E-state index is 0.117. The SMILES string of the molecule is CCCCc1ccc(C(=O)COC(=O)c2ccc3c(c2)C(=O)N(CCCOC)C3=O)cc1. The van der Waals surface area contributed by atoms with E-state index in [-0.39, 0.29) is 29.0 Å². The number of esters is 1. The molecule has 0 atom stereocenters. The molecule has 1 heterocycles. The lowest BCUT2D eigenvalue weighted by Gasteiger charge is -2.12. The Kier molecular flexibility index (Phi) is 7.89. The lowest BCUT2D eigenvalue weighted by Crippen LogP contribution is -2.31. The molecule has 0 saturated carbocycles. The van der Waals surface area contributed by atoms with Gasteiger partial charge in [-0.2, -0.15) is 0 Å². The van der Waals surface area contributed by atoms with E-state index in [2.05, 4.69) is 6.92 Å². The molecule has 2 aromatic rings. The number of Topliss-reactive ketones (excluding diaryl/α,β-unsaturated/α-hetero) is 1. The molecule has 32 heavy (non-hydrogen) atoms. The molecule has 0 radical (unpaired) electrons. The Balaban J connectivity index is 1.60. The van der Waals surface area contributed by atoms with Gasteiger partial charge in [0.05, 0.1) is 16.7 Å². The molecule has 3 rings (SSSR count). The standard InChI is InChI=1S/C25H27NO6/c1-3-4-6-17-7-9-18(10-8-17)22(27)16-32-25(30)19-11-12-20-21(15-19)24(29)26(23(20)28)13-5-14-31-2/h7-12,15H,3-6,13-14,16H2,1-2H3. The maximum atomic E-state index is 12.6. The minimum Gasteiger partial charge on any atom is -0.454 e. The van der Waals surface area contributed by atoms with Crippen molar-refractivity contribution in [3.05, 3.63) is 70.3 Å². The molecule has 0 N–H and O–H groups in total. The van der Waals surface area contributed by atoms with E-state index in [0.717, 1.165) is 29.7 Å². The fourth-order valence-electron chi connectivity index (χ4n) is 3.52. The molecule has 7 heteroatoms. The first-order chi connectivity index (χ1) is 15.5. The van der Waals surface area contributed by atoms with Gasteiger partial charge in [-0.15, -0.1) is 0 Å². The number of rotatable bonds is 11. The van der Waals surface area contributed by atoms with Crippen molar-refractivity contribution in [2.75, 3.05) is 26.9 Å². The van der Waals surface area contributed by atoms with Crippen molar-refractivity contribution in [1.29, 1.82) is 0 Å². The molecule has 2 amide bonds. The molecule has 2 aromatic carbocycles. The summed E-state index contributed by atoms with van der Waals surface area (Å²) in [5.74, 6) is -1.87. The summed E-state index contributed by atoms with van der Waals surface area (Å²) in [4.78, 5) is 51.0. The van der Waals surface area contributed by atoms with Gasteiger partial charge in [0.25, 0.3) is 11.8 Å². The number of ether oxygens (including phenoxy) is 2. The first kappa shape index (κ1) is 23.3. The first-order valence-corrected chi connectivity index (χ1v) is 10.7. The van der Waals surface area contributed by atoms with Crippen molar-refractivity contribution in [3.63, 3.8) is 0 Å². The molecule has 1 aliphatic rings. The number of carbonyl (C=O) groups is 4. The van der Waals surface area contributed by atoms with Crippen molar-refractivity contribution in [3.8, 4) is 0 Å². The third kappa shape index (κ3) is 5.29. The highest BCUT2D eigenvalue weighted by Gasteiger charge is 2.35. The lowest BCUT2D eigenvalue weighted by atomic mass is 10.0. The van der Waals surface area contributed by atoms with Crippen molar-refractivity contribution in [2.24, 2.45) is 0 Å². The number of fused-ring (bicyclic) bond motifs is 1. The monoisotopic (exact) mass is 437 g/mol. The van der Waals surface area contributed by atoms with Crippen LogP contribution in [0, 0.1) is 0 Å². The van der Waals surface area contributed by atoms with E-state index in [9.17, 15) is 19.2 Å². The van der Waals surface area contributed by atoms with Crippen molar-refractivity contribution < 1.29 is 28.7 Å². The average Bonchev–Trinajstić information content (AvgIpc) is 3.05. The number of methoxy groups -OCH3 is 1. The third-order valence-corrected chi connectivity index (χ3v) is 5.37. The number of carbonyl (C=O) groups excluding carboxylic acids is 4. The zero-order chi connectivity index (χ0) is 23.1. The molecule has 0 unspecified atom stereocenters. The normalized spacial score (nSPS) is 12.8. The van der Waals surface area contributed by atoms with Gasteiger partial charge in [-0.1, -0.05) is 37.6 Å². The average molecular weight is 437 g/mol. The summed E-state index contributed by atoms with van der Waals surface area (Å²) in [7, 11) is 1.55. The third-order valence-electron chi connectivity index (χ3n) is 5.37. The van der Waals surface area contributed by atoms with Gasteiger partial charge in [-0.05, 0) is 43.0 Å². The second-order valence-corrected chi connectivity index (χ2v) is 7.67. The molecule has 0 saturated heterocycles. The number of benzene rings is 2. The topological polar surface area (TPSA) is 90.0 Å². The van der Waals surface area contributed by atoms with Crippen LogP contribution in [0.3, 0.4) is 0 Å². The summed E-state index contributed by atoms with van der Waals surface area (Å²) in [5, 5.41) is 0. The highest BCUT2D eigenvalue weighted by atomic mass is 16.5. The van der Waals surface area contributed by atoms with Gasteiger partial charge in [-0.3, -0.25) is 19.3 Å². The molecular formula is C25H27NO6. The first-order valence-electron chi connectivity index (χ1n) is 10.7. The summed E-state index contributed by atoms with van der Waals surface area (Å²) in [6.07, 6.45) is 3.68. The van der Waals surface area contributed by atoms with Gasteiger partial charge in [0.15, 0.2) is 12.4 Å². The zero-order valence-corrected chi connectivity index (χ0v) is 18.4. The smallest absolute Gasteiger partial charge is 0.338 e. The Bertz CT molecular complexity index is 1010. The lowest BCUT2D eigenvalue weighted by molar-refractivity contribution is 0.0474. The van der Waals surface area contributed by atoms with Crippen molar-refractivity contribution >= 4 is 23.6 Å². The van der Waals surface area contributed by atoms with E-state index in [1.54, 1.807) is 19.2 Å². The maximum absolute atomic E-state index is 12.6. The number of aryl methyl sites for hydroxylation is 1. The largest absolute Gasteiger partial charge is 0.454 e. The second kappa shape index (κ2) is 10.8. The molecule has 0 aliphatic carbocycles. The van der Waals surface area contributed by atoms with Crippen LogP contribution in [0.25, 0.3) is 0 Å². The molecular weight excluding hydrogens is 410 g/mol. The fraction of sp³-hybridized carbons (Fsp3) is 0.360. The van der Waals surface area contributed by atoms with E-state index in [4.69, 9.17) is 9.47 Å². The Morgan fingerprint density at radius 1 is 0.906 bits per heavy atom. The minimum atomic E-state index is -0.723. The van der Waals surface area contributed by atoms with Crippen LogP contribution in [0.5, 0.6) is 0 Å². The van der Waals surface area contributed by atoms with Gasteiger partial charge in [-0.25, -0.2) is 4.79 Å². The molecule has 168 valence electrons. The predicted octanol–water partition coefficient (Wildman–Crippen LogP) is 3.70. The molecule has 0 aromatic heterocycles. The number of imide groups is 1. The number of ketones is 1. The number of amides is 2. The number of hydrogen-bond acceptors (Lipinski definition) is 6. The van der Waals surface area contributed by atoms with Crippen LogP contribution in [0.1, 0.15) is 73.2 Å². The summed E-state index contributed by atoms with van der Waals surface area (Å²) >= 11 is 0. The van der Waals surface area contributed by atoms with Crippen LogP contribution in [-0.2, 0) is 15.9 Å². The van der Waals surface area contributed by atoms with E-state index < -0.39 is 24.4 Å². The number of hydrogen-bond donors (Lipinski definition) is 0. The van der Waals surface area contributed by atoms with Gasteiger partial charge >= 0.3 is 5.97 Å². The van der Waals surface area contributed by atoms with Gasteiger partial charge < -0.3 is 9.47 Å². The Morgan fingerprint density at radius 3 is 2.28 bits per heavy atom. The maximum Gasteiger partial charge on any atom is 0.338 e. The van der Waals surface area contributed by atoms with Crippen LogP contribution < -0.4 is 0 Å². The molecule has 1 aliphatic heterocycles. The van der Waals surface area contributed by atoms with Crippen molar-refractivity contribution in [2.45, 2.75) is 32.6 Å². The van der Waals surface area contributed by atoms with Gasteiger partial charge in [0, 0.05) is 25.8 Å². The summed E-state index contributed by atoms with van der Waals surface area (Å²) in [5.41, 5.74) is 2.17. The number of nitrogens with zero attached hydrogens (tertiary/aromatic N) is 1. The van der Waals surface area contributed by atoms with Gasteiger partial charge in [0.1, 0.15) is 0 Å². The van der Waals surface area contributed by atoms with E-state index in [0.29, 0.717) is 18.6 Å². The van der Waals surface area contributed by atoms with Gasteiger partial charge in [0.2, 0.25) is 0 Å². The number of unbranched alkanes of at least 4 members (excludes halogenated alkanes) is 1. The van der Waals surface area contributed by atoms with E-state index >= 15 is 0 Å². The second-order valence-electron chi connectivity index (χ2n) is 7.67. The zero-order valence-electron chi connectivity index (χ0n) is 18.4. The van der Waals surface area contributed by atoms with Crippen LogP contribution in [0.15, 0.2) is 42.5 Å². The van der Waals surface area contributed by atoms with Crippen LogP contribution in [-0.4, -0.2) is 55.3 Å². The predicted molar refractivity (Wildman–Crippen MR) is 118 cm³/mol. The Hall–Kier alpha value is -3.32. The Labute approximate surface area is 187 Å². The highest BCUT2D eigenvalue weighted by Crippen LogP contribution is 2.24. The molecule has 0 bridgehead atoms. The molecule has 0 fully saturated rings. The van der Waals surface area contributed by atoms with Crippen LogP contribution in [0.4, 0.5) is 0 Å². The summed E-state index contributed by atoms with van der Waals surface area (Å²) < 4.78 is 10.1. The summed E-state index contributed by atoms with van der Waals surface area (Å²) in [6, 6.07) is 11.5. The van der Waals surface area contributed by atoms with E-state index in [1.807, 2.05) is 12.1 Å². The Morgan fingerprint density at radius 2 is 1.59 bits per heavy atom.